The maximum absolute atomic E-state index is 4.63. The SMILES string of the molecule is Cc1cccc(CN(CC2CCNCC2)C(C)C)n1. The fourth-order valence-corrected chi connectivity index (χ4v) is 2.75. The minimum Gasteiger partial charge on any atom is -0.317 e. The molecule has 2 rings (SSSR count). The van der Waals surface area contributed by atoms with E-state index in [4.69, 9.17) is 0 Å². The van der Waals surface area contributed by atoms with Gasteiger partial charge in [-0.3, -0.25) is 9.88 Å². The van der Waals surface area contributed by atoms with Crippen molar-refractivity contribution in [2.24, 2.45) is 5.92 Å². The van der Waals surface area contributed by atoms with Gasteiger partial charge in [0.15, 0.2) is 0 Å². The summed E-state index contributed by atoms with van der Waals surface area (Å²) >= 11 is 0. The first kappa shape index (κ1) is 14.5. The summed E-state index contributed by atoms with van der Waals surface area (Å²) in [6.45, 7) is 11.2. The number of piperidine rings is 1. The van der Waals surface area contributed by atoms with Crippen molar-refractivity contribution in [2.45, 2.75) is 46.2 Å². The van der Waals surface area contributed by atoms with Crippen LogP contribution >= 0.6 is 0 Å². The summed E-state index contributed by atoms with van der Waals surface area (Å²) in [6.07, 6.45) is 2.62. The highest BCUT2D eigenvalue weighted by Gasteiger charge is 2.19. The standard InChI is InChI=1S/C16H27N3/c1-13(2)19(11-15-7-9-17-10-8-15)12-16-6-4-5-14(3)18-16/h4-6,13,15,17H,7-12H2,1-3H3. The summed E-state index contributed by atoms with van der Waals surface area (Å²) < 4.78 is 0. The lowest BCUT2D eigenvalue weighted by atomic mass is 9.97. The van der Waals surface area contributed by atoms with E-state index in [0.29, 0.717) is 6.04 Å². The summed E-state index contributed by atoms with van der Waals surface area (Å²) in [5, 5.41) is 3.44. The maximum atomic E-state index is 4.63. The van der Waals surface area contributed by atoms with Gasteiger partial charge in [0, 0.05) is 24.8 Å². The molecule has 0 spiro atoms. The van der Waals surface area contributed by atoms with Gasteiger partial charge >= 0.3 is 0 Å². The topological polar surface area (TPSA) is 28.2 Å². The maximum Gasteiger partial charge on any atom is 0.0547 e. The van der Waals surface area contributed by atoms with E-state index in [1.165, 1.54) is 38.2 Å². The van der Waals surface area contributed by atoms with E-state index in [1.807, 2.05) is 0 Å². The molecule has 1 N–H and O–H groups in total. The fourth-order valence-electron chi connectivity index (χ4n) is 2.75. The third-order valence-corrected chi connectivity index (χ3v) is 3.99. The lowest BCUT2D eigenvalue weighted by Gasteiger charge is -2.32. The lowest BCUT2D eigenvalue weighted by molar-refractivity contribution is 0.160. The van der Waals surface area contributed by atoms with Crippen molar-refractivity contribution in [1.29, 1.82) is 0 Å². The number of aryl methyl sites for hydroxylation is 1. The van der Waals surface area contributed by atoms with Crippen LogP contribution in [0.1, 0.15) is 38.1 Å². The van der Waals surface area contributed by atoms with E-state index >= 15 is 0 Å². The Morgan fingerprint density at radius 3 is 2.68 bits per heavy atom. The average molecular weight is 261 g/mol. The Morgan fingerprint density at radius 1 is 1.32 bits per heavy atom. The van der Waals surface area contributed by atoms with E-state index in [0.717, 1.165) is 18.2 Å². The lowest BCUT2D eigenvalue weighted by Crippen LogP contribution is -2.39. The predicted molar refractivity (Wildman–Crippen MR) is 80.1 cm³/mol. The summed E-state index contributed by atoms with van der Waals surface area (Å²) in [6, 6.07) is 6.90. The molecule has 0 saturated carbocycles. The van der Waals surface area contributed by atoms with Crippen molar-refractivity contribution in [2.75, 3.05) is 19.6 Å². The summed E-state index contributed by atoms with van der Waals surface area (Å²) in [4.78, 5) is 7.20. The van der Waals surface area contributed by atoms with Crippen LogP contribution in [0, 0.1) is 12.8 Å². The highest BCUT2D eigenvalue weighted by atomic mass is 15.2. The Morgan fingerprint density at radius 2 is 2.05 bits per heavy atom. The van der Waals surface area contributed by atoms with Gasteiger partial charge < -0.3 is 5.32 Å². The van der Waals surface area contributed by atoms with E-state index in [1.54, 1.807) is 0 Å². The molecule has 3 nitrogen and oxygen atoms in total. The van der Waals surface area contributed by atoms with Gasteiger partial charge in [-0.2, -0.15) is 0 Å². The van der Waals surface area contributed by atoms with Gasteiger partial charge in [-0.25, -0.2) is 0 Å². The Balaban J connectivity index is 1.95. The highest BCUT2D eigenvalue weighted by Crippen LogP contribution is 2.17. The molecule has 0 aromatic carbocycles. The minimum atomic E-state index is 0.581. The van der Waals surface area contributed by atoms with Crippen molar-refractivity contribution in [1.82, 2.24) is 15.2 Å². The molecule has 0 atom stereocenters. The van der Waals surface area contributed by atoms with Crippen molar-refractivity contribution in [3.8, 4) is 0 Å². The first-order chi connectivity index (χ1) is 9.15. The second kappa shape index (κ2) is 7.01. The molecule has 3 heteroatoms. The normalized spacial score (nSPS) is 17.3. The van der Waals surface area contributed by atoms with Gasteiger partial charge in [0.1, 0.15) is 0 Å². The molecule has 1 aromatic rings. The highest BCUT2D eigenvalue weighted by molar-refractivity contribution is 5.09. The van der Waals surface area contributed by atoms with Crippen LogP contribution in [-0.4, -0.2) is 35.6 Å². The molecular weight excluding hydrogens is 234 g/mol. The number of hydrogen-bond donors (Lipinski definition) is 1. The third kappa shape index (κ3) is 4.59. The molecule has 1 aliphatic rings. The molecule has 1 aromatic heterocycles. The summed E-state index contributed by atoms with van der Waals surface area (Å²) in [7, 11) is 0. The predicted octanol–water partition coefficient (Wildman–Crippen LogP) is 2.60. The molecule has 106 valence electrons. The van der Waals surface area contributed by atoms with Gasteiger partial charge in [0.05, 0.1) is 5.69 Å². The van der Waals surface area contributed by atoms with Gasteiger partial charge in [-0.1, -0.05) is 6.07 Å². The molecular formula is C16H27N3. The van der Waals surface area contributed by atoms with Crippen LogP contribution in [0.4, 0.5) is 0 Å². The van der Waals surface area contributed by atoms with E-state index < -0.39 is 0 Å². The van der Waals surface area contributed by atoms with Crippen LogP contribution < -0.4 is 5.32 Å². The van der Waals surface area contributed by atoms with Gasteiger partial charge in [0.25, 0.3) is 0 Å². The molecule has 0 bridgehead atoms. The number of nitrogens with one attached hydrogen (secondary N) is 1. The Labute approximate surface area is 117 Å². The molecule has 1 aliphatic heterocycles. The molecule has 1 fully saturated rings. The van der Waals surface area contributed by atoms with Crippen molar-refractivity contribution >= 4 is 0 Å². The van der Waals surface area contributed by atoms with Crippen LogP contribution in [0.5, 0.6) is 0 Å². The number of nitrogens with zero attached hydrogens (tertiary/aromatic N) is 2. The van der Waals surface area contributed by atoms with Crippen LogP contribution in [-0.2, 0) is 6.54 Å². The fraction of sp³-hybridized carbons (Fsp3) is 0.688. The Kier molecular flexibility index (Phi) is 5.34. The molecule has 19 heavy (non-hydrogen) atoms. The van der Waals surface area contributed by atoms with E-state index in [9.17, 15) is 0 Å². The zero-order chi connectivity index (χ0) is 13.7. The average Bonchev–Trinajstić information content (AvgIpc) is 2.39. The Bertz CT molecular complexity index is 383. The van der Waals surface area contributed by atoms with Gasteiger partial charge in [-0.05, 0) is 64.8 Å². The molecule has 0 radical (unpaired) electrons. The second-order valence-corrected chi connectivity index (χ2v) is 5.99. The van der Waals surface area contributed by atoms with E-state index in [-0.39, 0.29) is 0 Å². The number of aromatic nitrogens is 1. The Hall–Kier alpha value is -0.930. The van der Waals surface area contributed by atoms with Crippen LogP contribution in [0.25, 0.3) is 0 Å². The largest absolute Gasteiger partial charge is 0.317 e. The van der Waals surface area contributed by atoms with Crippen molar-refractivity contribution in [3.63, 3.8) is 0 Å². The first-order valence-electron chi connectivity index (χ1n) is 7.52. The monoisotopic (exact) mass is 261 g/mol. The zero-order valence-electron chi connectivity index (χ0n) is 12.5. The van der Waals surface area contributed by atoms with Crippen LogP contribution in [0.3, 0.4) is 0 Å². The zero-order valence-corrected chi connectivity index (χ0v) is 12.5. The number of rotatable bonds is 5. The van der Waals surface area contributed by atoms with Gasteiger partial charge in [-0.15, -0.1) is 0 Å². The van der Waals surface area contributed by atoms with Crippen LogP contribution in [0.15, 0.2) is 18.2 Å². The van der Waals surface area contributed by atoms with Crippen molar-refractivity contribution in [3.05, 3.63) is 29.6 Å². The second-order valence-electron chi connectivity index (χ2n) is 5.99. The summed E-state index contributed by atoms with van der Waals surface area (Å²) in [5.41, 5.74) is 2.31. The smallest absolute Gasteiger partial charge is 0.0547 e. The van der Waals surface area contributed by atoms with Gasteiger partial charge in [0.2, 0.25) is 0 Å². The van der Waals surface area contributed by atoms with Crippen molar-refractivity contribution < 1.29 is 0 Å². The summed E-state index contributed by atoms with van der Waals surface area (Å²) in [5.74, 6) is 0.841. The number of hydrogen-bond acceptors (Lipinski definition) is 3. The molecule has 0 unspecified atom stereocenters. The number of pyridine rings is 1. The van der Waals surface area contributed by atoms with E-state index in [2.05, 4.69) is 54.2 Å². The molecule has 1 saturated heterocycles. The quantitative estimate of drug-likeness (QED) is 0.883. The minimum absolute atomic E-state index is 0.581. The van der Waals surface area contributed by atoms with Crippen LogP contribution in [0.2, 0.25) is 0 Å². The molecule has 0 amide bonds. The molecule has 0 aliphatic carbocycles. The third-order valence-electron chi connectivity index (χ3n) is 3.99. The first-order valence-corrected chi connectivity index (χ1v) is 7.52. The molecule has 2 heterocycles.